The minimum atomic E-state index is -1.36. The van der Waals surface area contributed by atoms with Crippen molar-refractivity contribution in [1.29, 1.82) is 0 Å². The van der Waals surface area contributed by atoms with Crippen molar-refractivity contribution in [3.05, 3.63) is 65.7 Å². The summed E-state index contributed by atoms with van der Waals surface area (Å²) >= 11 is 0. The van der Waals surface area contributed by atoms with E-state index in [4.69, 9.17) is 10.3 Å². The Kier molecular flexibility index (Phi) is 17.9. The highest BCUT2D eigenvalue weighted by Crippen LogP contribution is 2.19. The first-order valence-electron chi connectivity index (χ1n) is 18.8. The van der Waals surface area contributed by atoms with E-state index < -0.39 is 78.4 Å². The molecule has 1 fully saturated rings. The summed E-state index contributed by atoms with van der Waals surface area (Å²) in [5.74, 6) is -5.75. The van der Waals surface area contributed by atoms with Gasteiger partial charge < -0.3 is 36.6 Å². The number of rotatable bonds is 20. The molecule has 5 atom stereocenters. The third-order valence-electron chi connectivity index (χ3n) is 9.60. The van der Waals surface area contributed by atoms with E-state index >= 15 is 0 Å². The smallest absolute Gasteiger partial charge is 0.303 e. The third-order valence-corrected chi connectivity index (χ3v) is 9.60. The van der Waals surface area contributed by atoms with Gasteiger partial charge in [0.25, 0.3) is 5.91 Å². The summed E-state index contributed by atoms with van der Waals surface area (Å²) in [5.41, 5.74) is 3.24. The normalized spacial score (nSPS) is 15.9. The number of nitrogens with one attached hydrogen (secondary N) is 6. The molecule has 1 saturated heterocycles. The molecule has 0 radical (unpaired) electrons. The number of piperidine rings is 1. The molecule has 1 aliphatic rings. The SMILES string of the molecule is CCC(=O)N1CCCC(C(=O)NC(Cc2ccccc2)C(=O)Nc2ccc(CC(=O)NCC(=O)NC(C(=O)NC(CCC(=O)O)C(=O)NO)C(C)CC)cc2)C1. The Morgan fingerprint density at radius 2 is 1.52 bits per heavy atom. The Morgan fingerprint density at radius 3 is 2.14 bits per heavy atom. The number of hydrogen-bond acceptors (Lipinski definition) is 9. The first-order chi connectivity index (χ1) is 26.7. The molecule has 0 bridgehead atoms. The van der Waals surface area contributed by atoms with E-state index in [0.29, 0.717) is 50.0 Å². The summed E-state index contributed by atoms with van der Waals surface area (Å²) in [7, 11) is 0. The second kappa shape index (κ2) is 22.5. The number of carboxylic acid groups (broad SMARTS) is 1. The summed E-state index contributed by atoms with van der Waals surface area (Å²) in [5, 5.41) is 31.1. The first kappa shape index (κ1) is 44.6. The van der Waals surface area contributed by atoms with E-state index in [1.54, 1.807) is 49.9 Å². The monoisotopic (exact) mass is 779 g/mol. The Hall–Kier alpha value is -5.84. The molecule has 7 amide bonds. The summed E-state index contributed by atoms with van der Waals surface area (Å²) in [6, 6.07) is 12.4. The zero-order chi connectivity index (χ0) is 41.2. The highest BCUT2D eigenvalue weighted by molar-refractivity contribution is 5.98. The molecule has 2 aromatic carbocycles. The molecule has 2 aromatic rings. The predicted octanol–water partition coefficient (Wildman–Crippen LogP) is 1.05. The first-order valence-corrected chi connectivity index (χ1v) is 18.8. The minimum Gasteiger partial charge on any atom is -0.481 e. The zero-order valence-electron chi connectivity index (χ0n) is 32.0. The molecule has 8 N–H and O–H groups in total. The van der Waals surface area contributed by atoms with E-state index in [1.165, 1.54) is 5.48 Å². The van der Waals surface area contributed by atoms with Crippen molar-refractivity contribution in [1.82, 2.24) is 31.6 Å². The van der Waals surface area contributed by atoms with Crippen LogP contribution in [0.1, 0.15) is 70.4 Å². The number of nitrogens with zero attached hydrogens (tertiary/aromatic N) is 1. The van der Waals surface area contributed by atoms with Gasteiger partial charge in [-0.3, -0.25) is 43.6 Å². The van der Waals surface area contributed by atoms with Crippen LogP contribution in [0.25, 0.3) is 0 Å². The summed E-state index contributed by atoms with van der Waals surface area (Å²) in [4.78, 5) is 102. The lowest BCUT2D eigenvalue weighted by atomic mass is 9.95. The van der Waals surface area contributed by atoms with Gasteiger partial charge in [-0.2, -0.15) is 0 Å². The van der Waals surface area contributed by atoms with Crippen molar-refractivity contribution in [2.24, 2.45) is 11.8 Å². The fraction of sp³-hybridized carbons (Fsp3) is 0.487. The number of carbonyl (C=O) groups excluding carboxylic acids is 7. The molecule has 0 aromatic heterocycles. The Labute approximate surface area is 325 Å². The van der Waals surface area contributed by atoms with E-state index in [0.717, 1.165) is 5.56 Å². The van der Waals surface area contributed by atoms with Gasteiger partial charge in [-0.05, 0) is 48.4 Å². The van der Waals surface area contributed by atoms with Crippen molar-refractivity contribution in [3.63, 3.8) is 0 Å². The summed E-state index contributed by atoms with van der Waals surface area (Å²) < 4.78 is 0. The largest absolute Gasteiger partial charge is 0.481 e. The van der Waals surface area contributed by atoms with Crippen molar-refractivity contribution in [3.8, 4) is 0 Å². The number of benzene rings is 2. The molecule has 56 heavy (non-hydrogen) atoms. The van der Waals surface area contributed by atoms with Crippen molar-refractivity contribution in [2.75, 3.05) is 25.0 Å². The highest BCUT2D eigenvalue weighted by Gasteiger charge is 2.32. The molecular formula is C39H53N7O10. The number of amides is 7. The lowest BCUT2D eigenvalue weighted by Crippen LogP contribution is -2.56. The van der Waals surface area contributed by atoms with Crippen molar-refractivity contribution >= 4 is 53.0 Å². The lowest BCUT2D eigenvalue weighted by Gasteiger charge is -2.32. The number of aliphatic carboxylic acids is 1. The quantitative estimate of drug-likeness (QED) is 0.0701. The third kappa shape index (κ3) is 14.4. The van der Waals surface area contributed by atoms with Gasteiger partial charge in [-0.1, -0.05) is 69.7 Å². The van der Waals surface area contributed by atoms with Crippen LogP contribution < -0.4 is 32.1 Å². The molecule has 0 spiro atoms. The maximum absolute atomic E-state index is 13.5. The number of anilines is 1. The molecule has 3 rings (SSSR count). The Bertz CT molecular complexity index is 1690. The fourth-order valence-electron chi connectivity index (χ4n) is 6.15. The minimum absolute atomic E-state index is 0.0133. The number of hydroxylamine groups is 1. The van der Waals surface area contributed by atoms with Crippen LogP contribution in [0.5, 0.6) is 0 Å². The van der Waals surface area contributed by atoms with Crippen LogP contribution >= 0.6 is 0 Å². The van der Waals surface area contributed by atoms with Gasteiger partial charge in [-0.25, -0.2) is 5.48 Å². The van der Waals surface area contributed by atoms with Crippen molar-refractivity contribution < 1.29 is 48.7 Å². The molecule has 304 valence electrons. The molecule has 1 heterocycles. The number of carbonyl (C=O) groups is 8. The lowest BCUT2D eigenvalue weighted by molar-refractivity contribution is -0.139. The zero-order valence-corrected chi connectivity index (χ0v) is 32.0. The van der Waals surface area contributed by atoms with Crippen LogP contribution in [0.3, 0.4) is 0 Å². The second-order valence-corrected chi connectivity index (χ2v) is 13.8. The van der Waals surface area contributed by atoms with Gasteiger partial charge in [0, 0.05) is 38.0 Å². The van der Waals surface area contributed by atoms with Crippen LogP contribution in [-0.4, -0.2) is 100 Å². The Balaban J connectivity index is 1.56. The number of carboxylic acids is 1. The maximum atomic E-state index is 13.5. The molecule has 5 unspecified atom stereocenters. The molecule has 1 aliphatic heterocycles. The van der Waals surface area contributed by atoms with E-state index in [9.17, 15) is 38.4 Å². The van der Waals surface area contributed by atoms with Crippen LogP contribution in [0.4, 0.5) is 5.69 Å². The van der Waals surface area contributed by atoms with E-state index in [2.05, 4.69) is 26.6 Å². The molecular weight excluding hydrogens is 726 g/mol. The van der Waals surface area contributed by atoms with Crippen LogP contribution in [0, 0.1) is 11.8 Å². The van der Waals surface area contributed by atoms with Crippen LogP contribution in [0.2, 0.25) is 0 Å². The van der Waals surface area contributed by atoms with Gasteiger partial charge in [0.15, 0.2) is 0 Å². The average Bonchev–Trinajstić information content (AvgIpc) is 3.20. The van der Waals surface area contributed by atoms with Crippen LogP contribution in [-0.2, 0) is 51.2 Å². The number of likely N-dealkylation sites (tertiary alicyclic amines) is 1. The topological polar surface area (TPSA) is 252 Å². The maximum Gasteiger partial charge on any atom is 0.303 e. The standard InChI is InChI=1S/C39H53N7O10/c1-4-24(3)35(39(55)42-29(38(54)45-56)17-18-34(50)51)44-32(48)22-40-31(47)21-26-13-15-28(16-14-26)41-37(53)30(20-25-10-7-6-8-11-25)43-36(52)27-12-9-19-46(23-27)33(49)5-2/h6-8,10-11,13-16,24,27,29-30,35,56H,4-5,9,12,17-23H2,1-3H3,(H,40,47)(H,41,53)(H,42,55)(H,43,52)(H,44,48)(H,45,54)(H,50,51). The van der Waals surface area contributed by atoms with Gasteiger partial charge >= 0.3 is 5.97 Å². The molecule has 17 nitrogen and oxygen atoms in total. The van der Waals surface area contributed by atoms with Gasteiger partial charge in [0.1, 0.15) is 18.1 Å². The summed E-state index contributed by atoms with van der Waals surface area (Å²) in [6.07, 6.45) is 1.50. The Morgan fingerprint density at radius 1 is 0.821 bits per heavy atom. The van der Waals surface area contributed by atoms with E-state index in [-0.39, 0.29) is 31.1 Å². The van der Waals surface area contributed by atoms with Gasteiger partial charge in [0.2, 0.25) is 35.4 Å². The van der Waals surface area contributed by atoms with Crippen molar-refractivity contribution in [2.45, 2.75) is 90.3 Å². The summed E-state index contributed by atoms with van der Waals surface area (Å²) in [6.45, 7) is 5.70. The van der Waals surface area contributed by atoms with Crippen LogP contribution in [0.15, 0.2) is 54.6 Å². The molecule has 0 aliphatic carbocycles. The predicted molar refractivity (Wildman–Crippen MR) is 204 cm³/mol. The molecule has 17 heteroatoms. The second-order valence-electron chi connectivity index (χ2n) is 13.8. The van der Waals surface area contributed by atoms with Gasteiger partial charge in [-0.15, -0.1) is 0 Å². The van der Waals surface area contributed by atoms with Gasteiger partial charge in [0.05, 0.1) is 18.9 Å². The molecule has 0 saturated carbocycles. The number of hydrogen-bond donors (Lipinski definition) is 8. The highest BCUT2D eigenvalue weighted by atomic mass is 16.5. The fourth-order valence-corrected chi connectivity index (χ4v) is 6.15. The average molecular weight is 780 g/mol. The van der Waals surface area contributed by atoms with E-state index in [1.807, 2.05) is 30.3 Å².